The van der Waals surface area contributed by atoms with Crippen LogP contribution in [0.25, 0.3) is 0 Å². The van der Waals surface area contributed by atoms with Gasteiger partial charge in [-0.1, -0.05) is 17.7 Å². The first kappa shape index (κ1) is 18.7. The second-order valence-electron chi connectivity index (χ2n) is 6.37. The fraction of sp³-hybridized carbons (Fsp3) is 0.368. The molecular formula is C19H22O6S. The van der Waals surface area contributed by atoms with Crippen LogP contribution in [0.2, 0.25) is 0 Å². The van der Waals surface area contributed by atoms with Crippen molar-refractivity contribution in [1.82, 2.24) is 0 Å². The topological polar surface area (TPSA) is 82.1 Å². The average molecular weight is 378 g/mol. The molecule has 3 rings (SSSR count). The SMILES string of the molecule is COc1ccc(OS(=O)(=O)c2ccc(C)cc2)c2c1[C@H](C)O[C@@H](C)[C@@H]2O. The third-order valence-corrected chi connectivity index (χ3v) is 5.75. The summed E-state index contributed by atoms with van der Waals surface area (Å²) in [4.78, 5) is 0.0512. The maximum atomic E-state index is 12.7. The van der Waals surface area contributed by atoms with Crippen LogP contribution in [0.5, 0.6) is 11.5 Å². The molecule has 0 spiro atoms. The van der Waals surface area contributed by atoms with Crippen LogP contribution in [0, 0.1) is 6.92 Å². The van der Waals surface area contributed by atoms with Crippen LogP contribution in [0.4, 0.5) is 0 Å². The van der Waals surface area contributed by atoms with Gasteiger partial charge in [0.15, 0.2) is 0 Å². The second-order valence-corrected chi connectivity index (χ2v) is 7.92. The summed E-state index contributed by atoms with van der Waals surface area (Å²) < 4.78 is 41.8. The van der Waals surface area contributed by atoms with Gasteiger partial charge in [-0.2, -0.15) is 8.42 Å². The fourth-order valence-electron chi connectivity index (χ4n) is 3.14. The normalized spacial score (nSPS) is 22.6. The van der Waals surface area contributed by atoms with E-state index in [-0.39, 0.29) is 16.7 Å². The molecule has 0 unspecified atom stereocenters. The minimum absolute atomic E-state index is 0.0512. The van der Waals surface area contributed by atoms with Crippen molar-refractivity contribution >= 4 is 10.1 Å². The summed E-state index contributed by atoms with van der Waals surface area (Å²) in [7, 11) is -2.52. The molecule has 1 aliphatic heterocycles. The van der Waals surface area contributed by atoms with E-state index in [4.69, 9.17) is 13.7 Å². The summed E-state index contributed by atoms with van der Waals surface area (Å²) in [5, 5.41) is 10.6. The van der Waals surface area contributed by atoms with Gasteiger partial charge in [-0.05, 0) is 45.0 Å². The van der Waals surface area contributed by atoms with Gasteiger partial charge in [-0.3, -0.25) is 0 Å². The molecule has 2 aromatic rings. The lowest BCUT2D eigenvalue weighted by Crippen LogP contribution is -2.29. The van der Waals surface area contributed by atoms with Crippen LogP contribution in [-0.2, 0) is 14.9 Å². The molecule has 1 heterocycles. The highest BCUT2D eigenvalue weighted by atomic mass is 32.2. The van der Waals surface area contributed by atoms with Crippen molar-refractivity contribution in [3.8, 4) is 11.5 Å². The van der Waals surface area contributed by atoms with Crippen molar-refractivity contribution < 1.29 is 27.2 Å². The van der Waals surface area contributed by atoms with Crippen LogP contribution in [-0.4, -0.2) is 26.7 Å². The Morgan fingerprint density at radius 2 is 1.62 bits per heavy atom. The first-order valence-corrected chi connectivity index (χ1v) is 9.71. The number of aryl methyl sites for hydroxylation is 1. The van der Waals surface area contributed by atoms with Crippen molar-refractivity contribution in [1.29, 1.82) is 0 Å². The number of fused-ring (bicyclic) bond motifs is 1. The Kier molecular flexibility index (Phi) is 4.96. The Morgan fingerprint density at radius 3 is 2.23 bits per heavy atom. The zero-order chi connectivity index (χ0) is 19.1. The summed E-state index contributed by atoms with van der Waals surface area (Å²) in [6, 6.07) is 9.49. The van der Waals surface area contributed by atoms with Gasteiger partial charge in [-0.25, -0.2) is 0 Å². The van der Waals surface area contributed by atoms with Crippen molar-refractivity contribution in [2.24, 2.45) is 0 Å². The molecule has 0 radical (unpaired) electrons. The Hall–Kier alpha value is -2.09. The number of hydrogen-bond acceptors (Lipinski definition) is 6. The molecule has 6 nitrogen and oxygen atoms in total. The first-order valence-electron chi connectivity index (χ1n) is 8.30. The van der Waals surface area contributed by atoms with Crippen LogP contribution < -0.4 is 8.92 Å². The van der Waals surface area contributed by atoms with E-state index in [9.17, 15) is 13.5 Å². The Bertz CT molecular complexity index is 904. The van der Waals surface area contributed by atoms with Crippen molar-refractivity contribution in [2.45, 2.75) is 44.0 Å². The summed E-state index contributed by atoms with van der Waals surface area (Å²) in [6.45, 7) is 5.42. The first-order chi connectivity index (χ1) is 12.2. The molecule has 0 amide bonds. The Labute approximate surface area is 153 Å². The molecule has 0 saturated carbocycles. The summed E-state index contributed by atoms with van der Waals surface area (Å²) >= 11 is 0. The molecule has 0 aliphatic carbocycles. The Balaban J connectivity index is 2.09. The Morgan fingerprint density at radius 1 is 1.00 bits per heavy atom. The predicted octanol–water partition coefficient (Wildman–Crippen LogP) is 3.28. The molecule has 7 heteroatoms. The number of ether oxygens (including phenoxy) is 2. The highest BCUT2D eigenvalue weighted by Crippen LogP contribution is 2.46. The molecule has 1 N–H and O–H groups in total. The lowest BCUT2D eigenvalue weighted by atomic mass is 9.91. The van der Waals surface area contributed by atoms with E-state index in [1.807, 2.05) is 13.8 Å². The van der Waals surface area contributed by atoms with Gasteiger partial charge >= 0.3 is 10.1 Å². The minimum atomic E-state index is -4.03. The molecule has 140 valence electrons. The van der Waals surface area contributed by atoms with E-state index < -0.39 is 22.3 Å². The van der Waals surface area contributed by atoms with E-state index in [1.165, 1.54) is 25.3 Å². The van der Waals surface area contributed by atoms with Gasteiger partial charge < -0.3 is 18.8 Å². The molecule has 0 aromatic heterocycles. The lowest BCUT2D eigenvalue weighted by Gasteiger charge is -2.34. The average Bonchev–Trinajstić information content (AvgIpc) is 2.59. The van der Waals surface area contributed by atoms with Gasteiger partial charge in [0, 0.05) is 11.1 Å². The van der Waals surface area contributed by atoms with E-state index >= 15 is 0 Å². The third kappa shape index (κ3) is 3.30. The largest absolute Gasteiger partial charge is 0.496 e. The van der Waals surface area contributed by atoms with Gasteiger partial charge in [0.25, 0.3) is 0 Å². The zero-order valence-corrected chi connectivity index (χ0v) is 15.9. The summed E-state index contributed by atoms with van der Waals surface area (Å²) in [6.07, 6.45) is -1.91. The molecule has 0 fully saturated rings. The highest BCUT2D eigenvalue weighted by Gasteiger charge is 2.36. The molecule has 1 aliphatic rings. The van der Waals surface area contributed by atoms with Crippen molar-refractivity contribution in [3.63, 3.8) is 0 Å². The van der Waals surface area contributed by atoms with Gasteiger partial charge in [-0.15, -0.1) is 0 Å². The van der Waals surface area contributed by atoms with Crippen LogP contribution in [0.15, 0.2) is 41.3 Å². The monoisotopic (exact) mass is 378 g/mol. The highest BCUT2D eigenvalue weighted by molar-refractivity contribution is 7.87. The van der Waals surface area contributed by atoms with Gasteiger partial charge in [0.2, 0.25) is 0 Å². The second kappa shape index (κ2) is 6.90. The summed E-state index contributed by atoms with van der Waals surface area (Å²) in [5.41, 5.74) is 1.92. The number of rotatable bonds is 4. The van der Waals surface area contributed by atoms with Crippen molar-refractivity contribution in [2.75, 3.05) is 7.11 Å². The molecule has 2 aromatic carbocycles. The van der Waals surface area contributed by atoms with E-state index in [0.29, 0.717) is 16.9 Å². The molecular weight excluding hydrogens is 356 g/mol. The van der Waals surface area contributed by atoms with E-state index in [0.717, 1.165) is 5.56 Å². The maximum Gasteiger partial charge on any atom is 0.339 e. The van der Waals surface area contributed by atoms with E-state index in [1.54, 1.807) is 25.1 Å². The van der Waals surface area contributed by atoms with Crippen LogP contribution in [0.1, 0.15) is 42.7 Å². The van der Waals surface area contributed by atoms with E-state index in [2.05, 4.69) is 0 Å². The van der Waals surface area contributed by atoms with Crippen molar-refractivity contribution in [3.05, 3.63) is 53.1 Å². The zero-order valence-electron chi connectivity index (χ0n) is 15.1. The number of aliphatic hydroxyl groups excluding tert-OH is 1. The number of hydrogen-bond donors (Lipinski definition) is 1. The molecule has 0 saturated heterocycles. The molecule has 26 heavy (non-hydrogen) atoms. The molecule has 0 bridgehead atoms. The predicted molar refractivity (Wildman–Crippen MR) is 95.9 cm³/mol. The number of aliphatic hydroxyl groups is 1. The number of benzene rings is 2. The summed E-state index contributed by atoms with van der Waals surface area (Å²) in [5.74, 6) is 0.592. The third-order valence-electron chi connectivity index (χ3n) is 4.50. The van der Waals surface area contributed by atoms with Gasteiger partial charge in [0.05, 0.1) is 19.3 Å². The molecule has 3 atom stereocenters. The quantitative estimate of drug-likeness (QED) is 0.822. The van der Waals surface area contributed by atoms with Gasteiger partial charge in [0.1, 0.15) is 22.5 Å². The minimum Gasteiger partial charge on any atom is -0.496 e. The maximum absolute atomic E-state index is 12.7. The van der Waals surface area contributed by atoms with Crippen LogP contribution >= 0.6 is 0 Å². The smallest absolute Gasteiger partial charge is 0.339 e. The lowest BCUT2D eigenvalue weighted by molar-refractivity contribution is -0.0822. The fourth-order valence-corrected chi connectivity index (χ4v) is 4.09. The number of methoxy groups -OCH3 is 1. The standard InChI is InChI=1S/C19H22O6S/c1-11-5-7-14(8-6-11)26(21,22)25-16-10-9-15(23-4)17-12(2)24-13(3)19(20)18(16)17/h5-10,12-13,19-20H,1-4H3/t12-,13-,19-/m0/s1. The van der Waals surface area contributed by atoms with Crippen LogP contribution in [0.3, 0.4) is 0 Å².